The molecule has 0 aliphatic heterocycles. The molecule has 0 saturated heterocycles. The molecule has 0 aliphatic rings. The van der Waals surface area contributed by atoms with Gasteiger partial charge in [-0.3, -0.25) is 4.98 Å². The molecule has 0 bridgehead atoms. The number of pyridine rings is 1. The van der Waals surface area contributed by atoms with Crippen LogP contribution in [0.5, 0.6) is 0 Å². The zero-order chi connectivity index (χ0) is 18.7. The van der Waals surface area contributed by atoms with Crippen molar-refractivity contribution in [2.45, 2.75) is 26.2 Å². The highest BCUT2D eigenvalue weighted by Gasteiger charge is 2.21. The van der Waals surface area contributed by atoms with Crippen molar-refractivity contribution in [1.82, 2.24) is 4.98 Å². The summed E-state index contributed by atoms with van der Waals surface area (Å²) in [5.41, 5.74) is 3.19. The van der Waals surface area contributed by atoms with Crippen LogP contribution < -0.4 is 0 Å². The zero-order valence-electron chi connectivity index (χ0n) is 14.7. The summed E-state index contributed by atoms with van der Waals surface area (Å²) in [6, 6.07) is 17.5. The predicted molar refractivity (Wildman–Crippen MR) is 99.9 cm³/mol. The van der Waals surface area contributed by atoms with Gasteiger partial charge in [0.05, 0.1) is 17.0 Å². The van der Waals surface area contributed by atoms with Crippen molar-refractivity contribution >= 4 is 5.97 Å². The number of hydrogen-bond donors (Lipinski definition) is 1. The molecule has 4 heteroatoms. The summed E-state index contributed by atoms with van der Waals surface area (Å²) in [5.74, 6) is -1.42. The summed E-state index contributed by atoms with van der Waals surface area (Å²) in [6.07, 6.45) is 0.416. The fraction of sp³-hybridized carbons (Fsp3) is 0.182. The third-order valence-corrected chi connectivity index (χ3v) is 4.29. The number of aromatic nitrogens is 1. The van der Waals surface area contributed by atoms with Gasteiger partial charge in [-0.25, -0.2) is 9.18 Å². The van der Waals surface area contributed by atoms with Crippen LogP contribution in [-0.2, 0) is 6.42 Å². The molecule has 0 fully saturated rings. The molecule has 0 radical (unpaired) electrons. The maximum atomic E-state index is 14.3. The molecule has 3 aromatic rings. The van der Waals surface area contributed by atoms with E-state index >= 15 is 0 Å². The summed E-state index contributed by atoms with van der Waals surface area (Å²) < 4.78 is 14.3. The molecule has 3 nitrogen and oxygen atoms in total. The Hall–Kier alpha value is -3.01. The number of halogens is 1. The van der Waals surface area contributed by atoms with Crippen LogP contribution in [0, 0.1) is 5.82 Å². The average Bonchev–Trinajstić information content (AvgIpc) is 2.62. The minimum atomic E-state index is -1.06. The Labute approximate surface area is 152 Å². The van der Waals surface area contributed by atoms with Crippen LogP contribution in [0.25, 0.3) is 11.1 Å². The van der Waals surface area contributed by atoms with Gasteiger partial charge in [-0.15, -0.1) is 0 Å². The number of rotatable bonds is 5. The van der Waals surface area contributed by atoms with Gasteiger partial charge in [-0.05, 0) is 23.6 Å². The molecule has 0 unspecified atom stereocenters. The Kier molecular flexibility index (Phi) is 5.12. The van der Waals surface area contributed by atoms with Gasteiger partial charge >= 0.3 is 5.97 Å². The van der Waals surface area contributed by atoms with E-state index in [0.717, 1.165) is 5.56 Å². The van der Waals surface area contributed by atoms with Crippen LogP contribution in [0.1, 0.15) is 47.1 Å². The Morgan fingerprint density at radius 1 is 1.04 bits per heavy atom. The van der Waals surface area contributed by atoms with Crippen LogP contribution in [0.15, 0.2) is 60.7 Å². The third kappa shape index (κ3) is 3.64. The fourth-order valence-electron chi connectivity index (χ4n) is 3.01. The van der Waals surface area contributed by atoms with Crippen molar-refractivity contribution in [3.63, 3.8) is 0 Å². The largest absolute Gasteiger partial charge is 0.478 e. The number of carboxylic acid groups (broad SMARTS) is 1. The minimum absolute atomic E-state index is 0.0296. The summed E-state index contributed by atoms with van der Waals surface area (Å²) in [6.45, 7) is 3.94. The van der Waals surface area contributed by atoms with E-state index in [2.05, 4.69) is 4.98 Å². The van der Waals surface area contributed by atoms with Crippen LogP contribution in [-0.4, -0.2) is 16.1 Å². The second-order valence-corrected chi connectivity index (χ2v) is 6.52. The second-order valence-electron chi connectivity index (χ2n) is 6.52. The van der Waals surface area contributed by atoms with Crippen LogP contribution in [0.2, 0.25) is 0 Å². The molecule has 0 amide bonds. The van der Waals surface area contributed by atoms with Gasteiger partial charge in [0, 0.05) is 17.5 Å². The van der Waals surface area contributed by atoms with Crippen LogP contribution >= 0.6 is 0 Å². The highest BCUT2D eigenvalue weighted by molar-refractivity contribution is 5.91. The zero-order valence-corrected chi connectivity index (χ0v) is 14.7. The van der Waals surface area contributed by atoms with Gasteiger partial charge in [0.25, 0.3) is 0 Å². The lowest BCUT2D eigenvalue weighted by Crippen LogP contribution is -2.10. The van der Waals surface area contributed by atoms with E-state index in [1.807, 2.05) is 44.2 Å². The smallest absolute Gasteiger partial charge is 0.337 e. The molecule has 0 spiro atoms. The van der Waals surface area contributed by atoms with E-state index < -0.39 is 5.97 Å². The molecule has 0 atom stereocenters. The monoisotopic (exact) mass is 349 g/mol. The number of nitrogens with zero attached hydrogens (tertiary/aromatic N) is 1. The normalized spacial score (nSPS) is 10.9. The maximum Gasteiger partial charge on any atom is 0.337 e. The summed E-state index contributed by atoms with van der Waals surface area (Å²) in [4.78, 5) is 16.5. The van der Waals surface area contributed by atoms with Gasteiger partial charge in [0.1, 0.15) is 5.82 Å². The van der Waals surface area contributed by atoms with Gasteiger partial charge in [0.2, 0.25) is 0 Å². The molecular formula is C22H20FNO2. The maximum absolute atomic E-state index is 14.3. The van der Waals surface area contributed by atoms with Crippen LogP contribution in [0.4, 0.5) is 4.39 Å². The summed E-state index contributed by atoms with van der Waals surface area (Å²) >= 11 is 0. The minimum Gasteiger partial charge on any atom is -0.478 e. The molecule has 2 aromatic carbocycles. The first kappa shape index (κ1) is 17.8. The molecule has 1 aromatic heterocycles. The summed E-state index contributed by atoms with van der Waals surface area (Å²) in [7, 11) is 0. The van der Waals surface area contributed by atoms with Gasteiger partial charge < -0.3 is 5.11 Å². The quantitative estimate of drug-likeness (QED) is 0.680. The first-order chi connectivity index (χ1) is 12.5. The van der Waals surface area contributed by atoms with E-state index in [-0.39, 0.29) is 17.3 Å². The number of benzene rings is 2. The topological polar surface area (TPSA) is 50.2 Å². The fourth-order valence-corrected chi connectivity index (χ4v) is 3.01. The Bertz CT molecular complexity index is 936. The van der Waals surface area contributed by atoms with Crippen molar-refractivity contribution in [3.8, 4) is 11.1 Å². The van der Waals surface area contributed by atoms with E-state index in [0.29, 0.717) is 28.9 Å². The first-order valence-electron chi connectivity index (χ1n) is 8.53. The van der Waals surface area contributed by atoms with Gasteiger partial charge in [-0.2, -0.15) is 0 Å². The highest BCUT2D eigenvalue weighted by Crippen LogP contribution is 2.32. The third-order valence-electron chi connectivity index (χ3n) is 4.29. The highest BCUT2D eigenvalue weighted by atomic mass is 19.1. The molecule has 3 rings (SSSR count). The Morgan fingerprint density at radius 3 is 2.31 bits per heavy atom. The van der Waals surface area contributed by atoms with E-state index in [4.69, 9.17) is 0 Å². The number of aromatic carboxylic acids is 1. The summed E-state index contributed by atoms with van der Waals surface area (Å²) in [5, 5.41) is 9.68. The SMILES string of the molecule is CC(C)c1nc(Cc2ccccc2)c(C(=O)O)cc1-c1ccccc1F. The molecule has 0 saturated carbocycles. The van der Waals surface area contributed by atoms with E-state index in [1.165, 1.54) is 6.07 Å². The van der Waals surface area contributed by atoms with Crippen LogP contribution in [0.3, 0.4) is 0 Å². The van der Waals surface area contributed by atoms with E-state index in [9.17, 15) is 14.3 Å². The standard InChI is InChI=1S/C22H20FNO2/c1-14(2)21-17(16-10-6-7-11-19(16)23)13-18(22(25)26)20(24-21)12-15-8-4-3-5-9-15/h3-11,13-14H,12H2,1-2H3,(H,25,26). The lowest BCUT2D eigenvalue weighted by Gasteiger charge is -2.17. The number of hydrogen-bond acceptors (Lipinski definition) is 2. The second kappa shape index (κ2) is 7.48. The molecule has 26 heavy (non-hydrogen) atoms. The van der Waals surface area contributed by atoms with E-state index in [1.54, 1.807) is 24.3 Å². The average molecular weight is 349 g/mol. The van der Waals surface area contributed by atoms with Crippen molar-refractivity contribution in [1.29, 1.82) is 0 Å². The molecule has 0 aliphatic carbocycles. The molecular weight excluding hydrogens is 329 g/mol. The lowest BCUT2D eigenvalue weighted by molar-refractivity contribution is 0.0695. The van der Waals surface area contributed by atoms with Crippen molar-refractivity contribution in [2.75, 3.05) is 0 Å². The first-order valence-corrected chi connectivity index (χ1v) is 8.53. The predicted octanol–water partition coefficient (Wildman–Crippen LogP) is 5.30. The number of carboxylic acids is 1. The lowest BCUT2D eigenvalue weighted by atomic mass is 9.93. The van der Waals surface area contributed by atoms with Crippen molar-refractivity contribution in [3.05, 3.63) is 89.0 Å². The Balaban J connectivity index is 2.19. The number of carbonyl (C=O) groups is 1. The molecule has 132 valence electrons. The Morgan fingerprint density at radius 2 is 1.69 bits per heavy atom. The van der Waals surface area contributed by atoms with Gasteiger partial charge in [0.15, 0.2) is 0 Å². The molecule has 1 heterocycles. The van der Waals surface area contributed by atoms with Crippen molar-refractivity contribution < 1.29 is 14.3 Å². The van der Waals surface area contributed by atoms with Gasteiger partial charge in [-0.1, -0.05) is 62.4 Å². The molecule has 1 N–H and O–H groups in total. The van der Waals surface area contributed by atoms with Crippen molar-refractivity contribution in [2.24, 2.45) is 0 Å².